The van der Waals surface area contributed by atoms with Gasteiger partial charge in [-0.05, 0) is 25.7 Å². The van der Waals surface area contributed by atoms with E-state index in [0.717, 1.165) is 0 Å². The van der Waals surface area contributed by atoms with E-state index in [-0.39, 0.29) is 18.0 Å². The zero-order chi connectivity index (χ0) is 8.01. The molecule has 11 heavy (non-hydrogen) atoms. The summed E-state index contributed by atoms with van der Waals surface area (Å²) in [4.78, 5) is 11.3. The Balaban J connectivity index is 2.22. The lowest BCUT2D eigenvalue weighted by Crippen LogP contribution is -2.16. The summed E-state index contributed by atoms with van der Waals surface area (Å²) in [6, 6.07) is 0. The Morgan fingerprint density at radius 3 is 2.73 bits per heavy atom. The number of carbonyl (C=O) groups is 1. The van der Waals surface area contributed by atoms with E-state index in [2.05, 4.69) is 6.92 Å². The summed E-state index contributed by atoms with van der Waals surface area (Å²) < 4.78 is 5.16. The molecule has 2 aliphatic rings. The zero-order valence-corrected chi connectivity index (χ0v) is 7.04. The molecule has 62 valence electrons. The van der Waals surface area contributed by atoms with Crippen LogP contribution >= 0.6 is 0 Å². The van der Waals surface area contributed by atoms with E-state index in [0.29, 0.717) is 11.8 Å². The molecule has 2 rings (SSSR count). The van der Waals surface area contributed by atoms with E-state index in [4.69, 9.17) is 4.74 Å². The predicted octanol–water partition coefficient (Wildman–Crippen LogP) is 1.59. The van der Waals surface area contributed by atoms with Crippen molar-refractivity contribution < 1.29 is 9.53 Å². The van der Waals surface area contributed by atoms with Gasteiger partial charge in [0.2, 0.25) is 0 Å². The maximum absolute atomic E-state index is 11.3. The van der Waals surface area contributed by atoms with Gasteiger partial charge in [-0.25, -0.2) is 0 Å². The average Bonchev–Trinajstić information content (AvgIpc) is 2.41. The fraction of sp³-hybridized carbons (Fsp3) is 0.889. The lowest BCUT2D eigenvalue weighted by atomic mass is 9.90. The van der Waals surface area contributed by atoms with Crippen LogP contribution in [-0.2, 0) is 9.53 Å². The number of hydrogen-bond donors (Lipinski definition) is 0. The van der Waals surface area contributed by atoms with E-state index in [1.54, 1.807) is 0 Å². The quantitative estimate of drug-likeness (QED) is 0.495. The van der Waals surface area contributed by atoms with E-state index in [1.165, 1.54) is 12.8 Å². The van der Waals surface area contributed by atoms with Crippen LogP contribution in [0, 0.1) is 17.8 Å². The molecule has 0 bridgehead atoms. The van der Waals surface area contributed by atoms with Crippen molar-refractivity contribution in [2.45, 2.75) is 32.8 Å². The number of fused-ring (bicyclic) bond motifs is 1. The number of esters is 1. The first-order valence-electron chi connectivity index (χ1n) is 4.40. The van der Waals surface area contributed by atoms with Gasteiger partial charge in [0, 0.05) is 5.92 Å². The molecule has 0 amide bonds. The van der Waals surface area contributed by atoms with Crippen LogP contribution < -0.4 is 0 Å². The molecule has 4 atom stereocenters. The Labute approximate surface area is 66.9 Å². The van der Waals surface area contributed by atoms with Crippen LogP contribution in [0.5, 0.6) is 0 Å². The maximum atomic E-state index is 11.3. The number of rotatable bonds is 0. The summed E-state index contributed by atoms with van der Waals surface area (Å²) in [6.07, 6.45) is 2.56. The highest BCUT2D eigenvalue weighted by molar-refractivity contribution is 5.76. The van der Waals surface area contributed by atoms with Gasteiger partial charge < -0.3 is 4.74 Å². The first-order chi connectivity index (χ1) is 5.20. The molecule has 0 N–H and O–H groups in total. The third-order valence-corrected chi connectivity index (χ3v) is 3.21. The van der Waals surface area contributed by atoms with Crippen LogP contribution in [0.3, 0.4) is 0 Å². The maximum Gasteiger partial charge on any atom is 0.309 e. The number of ether oxygens (including phenoxy) is 1. The molecule has 1 saturated carbocycles. The minimum atomic E-state index is 0.0486. The fourth-order valence-corrected chi connectivity index (χ4v) is 2.52. The smallest absolute Gasteiger partial charge is 0.309 e. The first-order valence-corrected chi connectivity index (χ1v) is 4.40. The van der Waals surface area contributed by atoms with Crippen LogP contribution in [0.4, 0.5) is 0 Å². The number of cyclic esters (lactones) is 1. The van der Waals surface area contributed by atoms with Crippen LogP contribution in [-0.4, -0.2) is 12.1 Å². The fourth-order valence-electron chi connectivity index (χ4n) is 2.52. The second-order valence-electron chi connectivity index (χ2n) is 3.89. The predicted molar refractivity (Wildman–Crippen MR) is 40.9 cm³/mol. The van der Waals surface area contributed by atoms with E-state index in [1.807, 2.05) is 6.92 Å². The monoisotopic (exact) mass is 154 g/mol. The molecule has 2 nitrogen and oxygen atoms in total. The van der Waals surface area contributed by atoms with Gasteiger partial charge in [0.15, 0.2) is 0 Å². The Bertz CT molecular complexity index is 188. The van der Waals surface area contributed by atoms with Crippen LogP contribution in [0.2, 0.25) is 0 Å². The van der Waals surface area contributed by atoms with Crippen LogP contribution in [0.25, 0.3) is 0 Å². The molecule has 1 aliphatic heterocycles. The molecular weight excluding hydrogens is 140 g/mol. The van der Waals surface area contributed by atoms with Crippen molar-refractivity contribution in [3.05, 3.63) is 0 Å². The number of hydrogen-bond acceptors (Lipinski definition) is 2. The van der Waals surface area contributed by atoms with Crippen LogP contribution in [0.1, 0.15) is 26.7 Å². The highest BCUT2D eigenvalue weighted by Gasteiger charge is 2.48. The topological polar surface area (TPSA) is 26.3 Å². The molecule has 0 aromatic heterocycles. The lowest BCUT2D eigenvalue weighted by Gasteiger charge is -2.08. The van der Waals surface area contributed by atoms with Gasteiger partial charge in [-0.2, -0.15) is 0 Å². The molecule has 2 fully saturated rings. The number of carbonyl (C=O) groups excluding carboxylic acids is 1. The second kappa shape index (κ2) is 2.23. The van der Waals surface area contributed by atoms with E-state index in [9.17, 15) is 4.79 Å². The highest BCUT2D eigenvalue weighted by Crippen LogP contribution is 2.44. The molecule has 0 radical (unpaired) electrons. The Kier molecular flexibility index (Phi) is 1.44. The average molecular weight is 154 g/mol. The van der Waals surface area contributed by atoms with E-state index >= 15 is 0 Å². The third-order valence-electron chi connectivity index (χ3n) is 3.21. The summed E-state index contributed by atoms with van der Waals surface area (Å²) in [5.41, 5.74) is 0. The van der Waals surface area contributed by atoms with Crippen molar-refractivity contribution in [2.24, 2.45) is 17.8 Å². The van der Waals surface area contributed by atoms with Gasteiger partial charge in [-0.15, -0.1) is 0 Å². The highest BCUT2D eigenvalue weighted by atomic mass is 16.6. The van der Waals surface area contributed by atoms with Gasteiger partial charge in [-0.3, -0.25) is 4.79 Å². The summed E-state index contributed by atoms with van der Waals surface area (Å²) >= 11 is 0. The lowest BCUT2D eigenvalue weighted by molar-refractivity contribution is -0.144. The first kappa shape index (κ1) is 7.14. The normalized spacial score (nSPS) is 49.1. The molecular formula is C9H14O2. The minimum absolute atomic E-state index is 0.0486. The zero-order valence-electron chi connectivity index (χ0n) is 7.04. The minimum Gasteiger partial charge on any atom is -0.462 e. The van der Waals surface area contributed by atoms with Crippen molar-refractivity contribution in [1.29, 1.82) is 0 Å². The van der Waals surface area contributed by atoms with Crippen molar-refractivity contribution in [2.75, 3.05) is 0 Å². The van der Waals surface area contributed by atoms with Crippen molar-refractivity contribution >= 4 is 5.97 Å². The van der Waals surface area contributed by atoms with Crippen molar-refractivity contribution in [1.82, 2.24) is 0 Å². The SMILES string of the molecule is CC1CCC2C(C)OC(=O)C12. The molecule has 0 spiro atoms. The largest absolute Gasteiger partial charge is 0.462 e. The Morgan fingerprint density at radius 2 is 2.09 bits per heavy atom. The summed E-state index contributed by atoms with van der Waals surface area (Å²) in [7, 11) is 0. The Morgan fingerprint density at radius 1 is 1.36 bits per heavy atom. The standard InChI is InChI=1S/C9H14O2/c1-5-3-4-7-6(2)11-9(10)8(5)7/h5-8H,3-4H2,1-2H3. The van der Waals surface area contributed by atoms with Gasteiger partial charge in [0.25, 0.3) is 0 Å². The van der Waals surface area contributed by atoms with Crippen molar-refractivity contribution in [3.8, 4) is 0 Å². The second-order valence-corrected chi connectivity index (χ2v) is 3.89. The van der Waals surface area contributed by atoms with Crippen LogP contribution in [0.15, 0.2) is 0 Å². The van der Waals surface area contributed by atoms with Gasteiger partial charge in [-0.1, -0.05) is 6.92 Å². The molecule has 0 aromatic carbocycles. The molecule has 1 heterocycles. The van der Waals surface area contributed by atoms with Gasteiger partial charge in [0.1, 0.15) is 6.10 Å². The van der Waals surface area contributed by atoms with Gasteiger partial charge in [0.05, 0.1) is 5.92 Å². The molecule has 0 aromatic rings. The summed E-state index contributed by atoms with van der Waals surface area (Å²) in [5.74, 6) is 1.35. The summed E-state index contributed by atoms with van der Waals surface area (Å²) in [6.45, 7) is 4.17. The van der Waals surface area contributed by atoms with Gasteiger partial charge >= 0.3 is 5.97 Å². The van der Waals surface area contributed by atoms with E-state index < -0.39 is 0 Å². The Hall–Kier alpha value is -0.530. The molecule has 2 heteroatoms. The molecule has 1 aliphatic carbocycles. The summed E-state index contributed by atoms with van der Waals surface area (Å²) in [5, 5.41) is 0. The molecule has 1 saturated heterocycles. The molecule has 4 unspecified atom stereocenters. The third kappa shape index (κ3) is 0.883. The van der Waals surface area contributed by atoms with Crippen molar-refractivity contribution in [3.63, 3.8) is 0 Å².